The Morgan fingerprint density at radius 1 is 1.38 bits per heavy atom. The summed E-state index contributed by atoms with van der Waals surface area (Å²) in [4.78, 5) is 0. The first-order chi connectivity index (χ1) is 7.68. The summed E-state index contributed by atoms with van der Waals surface area (Å²) in [5.41, 5.74) is 0.217. The summed E-state index contributed by atoms with van der Waals surface area (Å²) in [6.45, 7) is 2.15. The zero-order chi connectivity index (χ0) is 11.6. The monoisotopic (exact) mass is 238 g/mol. The molecule has 88 valence electrons. The topological polar surface area (TPSA) is 20.2 Å². The molecule has 1 N–H and O–H groups in total. The molecule has 0 spiro atoms. The molecule has 16 heavy (non-hydrogen) atoms. The summed E-state index contributed by atoms with van der Waals surface area (Å²) in [5.74, 6) is 0.348. The van der Waals surface area contributed by atoms with Crippen LogP contribution in [-0.4, -0.2) is 5.11 Å². The van der Waals surface area contributed by atoms with Crippen molar-refractivity contribution in [2.45, 2.75) is 44.6 Å². The third kappa shape index (κ3) is 1.99. The number of rotatable bonds is 2. The lowest BCUT2D eigenvalue weighted by molar-refractivity contribution is -0.0556. The van der Waals surface area contributed by atoms with Crippen LogP contribution < -0.4 is 0 Å². The van der Waals surface area contributed by atoms with Gasteiger partial charge in [-0.3, -0.25) is 0 Å². The zero-order valence-electron chi connectivity index (χ0n) is 9.75. The van der Waals surface area contributed by atoms with E-state index in [1.54, 1.807) is 0 Å². The Bertz CT molecular complexity index is 364. The molecule has 0 amide bonds. The first-order valence-electron chi connectivity index (χ1n) is 6.16. The molecule has 0 heterocycles. The van der Waals surface area contributed by atoms with Gasteiger partial charge in [-0.05, 0) is 24.8 Å². The third-order valence-electron chi connectivity index (χ3n) is 3.87. The van der Waals surface area contributed by atoms with Crippen LogP contribution in [0.5, 0.6) is 0 Å². The average molecular weight is 239 g/mol. The minimum Gasteiger partial charge on any atom is -0.385 e. The van der Waals surface area contributed by atoms with Gasteiger partial charge in [0, 0.05) is 10.6 Å². The Morgan fingerprint density at radius 3 is 2.81 bits per heavy atom. The van der Waals surface area contributed by atoms with Gasteiger partial charge in [0.05, 0.1) is 5.60 Å². The van der Waals surface area contributed by atoms with Crippen molar-refractivity contribution < 1.29 is 5.11 Å². The minimum atomic E-state index is -0.703. The van der Waals surface area contributed by atoms with Crippen LogP contribution in [0.3, 0.4) is 0 Å². The molecule has 0 radical (unpaired) electrons. The number of hydrogen-bond donors (Lipinski definition) is 1. The molecule has 1 aliphatic rings. The fourth-order valence-corrected chi connectivity index (χ4v) is 3.24. The van der Waals surface area contributed by atoms with Crippen LogP contribution in [0.15, 0.2) is 24.3 Å². The maximum atomic E-state index is 10.9. The Morgan fingerprint density at radius 2 is 2.12 bits per heavy atom. The van der Waals surface area contributed by atoms with Gasteiger partial charge < -0.3 is 5.11 Å². The van der Waals surface area contributed by atoms with Gasteiger partial charge in [0.25, 0.3) is 0 Å². The van der Waals surface area contributed by atoms with Crippen LogP contribution in [-0.2, 0) is 5.60 Å². The molecule has 1 saturated carbocycles. The van der Waals surface area contributed by atoms with Crippen molar-refractivity contribution in [1.82, 2.24) is 0 Å². The average Bonchev–Trinajstić information content (AvgIpc) is 2.30. The molecule has 2 rings (SSSR count). The van der Waals surface area contributed by atoms with Gasteiger partial charge >= 0.3 is 0 Å². The Labute approximate surface area is 102 Å². The largest absolute Gasteiger partial charge is 0.385 e. The van der Waals surface area contributed by atoms with Crippen LogP contribution in [0.25, 0.3) is 0 Å². The Kier molecular flexibility index (Phi) is 3.56. The summed E-state index contributed by atoms with van der Waals surface area (Å²) >= 11 is 6.21. The lowest BCUT2D eigenvalue weighted by atomic mass is 9.70. The molecule has 0 aliphatic heterocycles. The van der Waals surface area contributed by atoms with Gasteiger partial charge in [0.1, 0.15) is 0 Å². The highest BCUT2D eigenvalue weighted by Crippen LogP contribution is 2.45. The van der Waals surface area contributed by atoms with E-state index in [1.807, 2.05) is 24.3 Å². The predicted molar refractivity (Wildman–Crippen MR) is 67.6 cm³/mol. The van der Waals surface area contributed by atoms with E-state index in [1.165, 1.54) is 6.42 Å². The van der Waals surface area contributed by atoms with Crippen LogP contribution >= 0.6 is 11.6 Å². The molecule has 2 heteroatoms. The summed E-state index contributed by atoms with van der Waals surface area (Å²) in [6.07, 6.45) is 5.29. The van der Waals surface area contributed by atoms with Crippen LogP contribution in [0.2, 0.25) is 5.02 Å². The molecule has 2 atom stereocenters. The molecule has 0 bridgehead atoms. The van der Waals surface area contributed by atoms with Gasteiger partial charge in [-0.15, -0.1) is 0 Å². The fraction of sp³-hybridized carbons (Fsp3) is 0.571. The van der Waals surface area contributed by atoms with E-state index in [0.717, 1.165) is 31.2 Å². The van der Waals surface area contributed by atoms with E-state index < -0.39 is 5.60 Å². The Hall–Kier alpha value is -0.530. The van der Waals surface area contributed by atoms with Crippen molar-refractivity contribution in [2.75, 3.05) is 0 Å². The van der Waals surface area contributed by atoms with E-state index in [4.69, 9.17) is 11.6 Å². The van der Waals surface area contributed by atoms with Crippen molar-refractivity contribution in [3.63, 3.8) is 0 Å². The molecule has 1 fully saturated rings. The van der Waals surface area contributed by atoms with Crippen LogP contribution in [0, 0.1) is 5.92 Å². The lowest BCUT2D eigenvalue weighted by Crippen LogP contribution is -2.37. The highest BCUT2D eigenvalue weighted by molar-refractivity contribution is 6.31. The van der Waals surface area contributed by atoms with Crippen molar-refractivity contribution in [3.8, 4) is 0 Å². The van der Waals surface area contributed by atoms with E-state index in [-0.39, 0.29) is 0 Å². The molecule has 0 saturated heterocycles. The summed E-state index contributed by atoms with van der Waals surface area (Å²) in [6, 6.07) is 7.71. The van der Waals surface area contributed by atoms with Gasteiger partial charge in [-0.1, -0.05) is 56.0 Å². The van der Waals surface area contributed by atoms with Gasteiger partial charge in [-0.25, -0.2) is 0 Å². The smallest absolute Gasteiger partial charge is 0.0938 e. The summed E-state index contributed by atoms with van der Waals surface area (Å²) in [7, 11) is 0. The molecule has 1 aromatic carbocycles. The van der Waals surface area contributed by atoms with Crippen molar-refractivity contribution in [3.05, 3.63) is 34.9 Å². The quantitative estimate of drug-likeness (QED) is 0.822. The van der Waals surface area contributed by atoms with Gasteiger partial charge in [0.2, 0.25) is 0 Å². The van der Waals surface area contributed by atoms with E-state index in [0.29, 0.717) is 10.9 Å². The van der Waals surface area contributed by atoms with E-state index >= 15 is 0 Å². The second-order valence-corrected chi connectivity index (χ2v) is 5.16. The molecule has 0 aromatic heterocycles. The minimum absolute atomic E-state index is 0.348. The first kappa shape index (κ1) is 11.9. The normalized spacial score (nSPS) is 30.3. The van der Waals surface area contributed by atoms with Gasteiger partial charge in [0.15, 0.2) is 0 Å². The van der Waals surface area contributed by atoms with Crippen LogP contribution in [0.4, 0.5) is 0 Å². The number of aliphatic hydroxyl groups is 1. The predicted octanol–water partition coefficient (Wildman–Crippen LogP) is 4.13. The molecular weight excluding hydrogens is 220 g/mol. The maximum absolute atomic E-state index is 10.9. The first-order valence-corrected chi connectivity index (χ1v) is 6.53. The zero-order valence-corrected chi connectivity index (χ0v) is 10.5. The highest BCUT2D eigenvalue weighted by atomic mass is 35.5. The standard InChI is InChI=1S/C14H19ClO/c1-2-11-7-5-6-10-14(11,16)12-8-3-4-9-13(12)15/h3-4,8-9,11,16H,2,5-7,10H2,1H3. The lowest BCUT2D eigenvalue weighted by Gasteiger charge is -2.40. The van der Waals surface area contributed by atoms with E-state index in [9.17, 15) is 5.11 Å². The second-order valence-electron chi connectivity index (χ2n) is 4.76. The highest BCUT2D eigenvalue weighted by Gasteiger charge is 2.40. The number of halogens is 1. The second kappa shape index (κ2) is 4.77. The van der Waals surface area contributed by atoms with Crippen molar-refractivity contribution >= 4 is 11.6 Å². The Balaban J connectivity index is 2.39. The van der Waals surface area contributed by atoms with Crippen LogP contribution in [0.1, 0.15) is 44.6 Å². The van der Waals surface area contributed by atoms with E-state index in [2.05, 4.69) is 6.92 Å². The van der Waals surface area contributed by atoms with Crippen molar-refractivity contribution in [2.24, 2.45) is 5.92 Å². The number of hydrogen-bond acceptors (Lipinski definition) is 1. The van der Waals surface area contributed by atoms with Crippen molar-refractivity contribution in [1.29, 1.82) is 0 Å². The molecule has 1 nitrogen and oxygen atoms in total. The summed E-state index contributed by atoms with van der Waals surface area (Å²) < 4.78 is 0. The van der Waals surface area contributed by atoms with Gasteiger partial charge in [-0.2, -0.15) is 0 Å². The fourth-order valence-electron chi connectivity index (χ4n) is 2.94. The number of benzene rings is 1. The molecular formula is C14H19ClO. The maximum Gasteiger partial charge on any atom is 0.0938 e. The SMILES string of the molecule is CCC1CCCCC1(O)c1ccccc1Cl. The molecule has 1 aliphatic carbocycles. The summed E-state index contributed by atoms with van der Waals surface area (Å²) in [5, 5.41) is 11.6. The molecule has 1 aromatic rings. The third-order valence-corrected chi connectivity index (χ3v) is 4.20. The molecule has 2 unspecified atom stereocenters.